The Morgan fingerprint density at radius 1 is 0.810 bits per heavy atom. The summed E-state index contributed by atoms with van der Waals surface area (Å²) >= 11 is 11.7. The van der Waals surface area contributed by atoms with E-state index >= 15 is 0 Å². The minimum Gasteiger partial charge on any atom is -0.397 e. The zero-order chi connectivity index (χ0) is 15.7. The molecule has 6 nitrogen and oxygen atoms in total. The molecule has 2 rings (SSSR count). The van der Waals surface area contributed by atoms with Crippen molar-refractivity contribution in [2.45, 2.75) is 0 Å². The monoisotopic (exact) mass is 325 g/mol. The third-order valence-corrected chi connectivity index (χ3v) is 3.65. The average molecular weight is 326 g/mol. The molecule has 8 heteroatoms. The lowest BCUT2D eigenvalue weighted by molar-refractivity contribution is 0.102. The Morgan fingerprint density at radius 3 is 1.62 bits per heavy atom. The van der Waals surface area contributed by atoms with Crippen LogP contribution in [-0.2, 0) is 0 Å². The molecule has 0 heterocycles. The van der Waals surface area contributed by atoms with Gasteiger partial charge in [-0.25, -0.2) is 0 Å². The molecule has 0 aromatic heterocycles. The van der Waals surface area contributed by atoms with E-state index in [0.29, 0.717) is 5.69 Å². The van der Waals surface area contributed by atoms with Gasteiger partial charge in [0.2, 0.25) is 0 Å². The topological polar surface area (TPSA) is 133 Å². The maximum absolute atomic E-state index is 12.2. The summed E-state index contributed by atoms with van der Waals surface area (Å²) in [4.78, 5) is 12.2. The standard InChI is InChI=1S/C13H13Cl2N5O/c14-11-7(16)1-5(2-8(11)17)13(21)20-6-3-9(18)12(15)10(19)4-6/h1-4H,16-19H2,(H,20,21). The van der Waals surface area contributed by atoms with E-state index < -0.39 is 5.91 Å². The van der Waals surface area contributed by atoms with Gasteiger partial charge in [-0.2, -0.15) is 0 Å². The molecule has 0 saturated heterocycles. The fraction of sp³-hybridized carbons (Fsp3) is 0. The SMILES string of the molecule is Nc1cc(NC(=O)c2cc(N)c(Cl)c(N)c2)cc(N)c1Cl. The Morgan fingerprint density at radius 2 is 1.19 bits per heavy atom. The molecule has 0 fully saturated rings. The molecular weight excluding hydrogens is 313 g/mol. The van der Waals surface area contributed by atoms with Gasteiger partial charge in [-0.1, -0.05) is 23.2 Å². The number of benzene rings is 2. The highest BCUT2D eigenvalue weighted by Crippen LogP contribution is 2.31. The van der Waals surface area contributed by atoms with E-state index in [2.05, 4.69) is 5.32 Å². The number of rotatable bonds is 2. The van der Waals surface area contributed by atoms with E-state index in [1.165, 1.54) is 24.3 Å². The number of halogens is 2. The molecule has 0 unspecified atom stereocenters. The van der Waals surface area contributed by atoms with E-state index in [1.54, 1.807) is 0 Å². The van der Waals surface area contributed by atoms with Gasteiger partial charge < -0.3 is 28.3 Å². The molecule has 0 atom stereocenters. The van der Waals surface area contributed by atoms with Gasteiger partial charge >= 0.3 is 0 Å². The van der Waals surface area contributed by atoms with Crippen LogP contribution in [0.2, 0.25) is 10.0 Å². The first-order valence-electron chi connectivity index (χ1n) is 5.80. The highest BCUT2D eigenvalue weighted by atomic mass is 35.5. The predicted octanol–water partition coefficient (Wildman–Crippen LogP) is 2.57. The Balaban J connectivity index is 2.30. The molecular formula is C13H13Cl2N5O. The highest BCUT2D eigenvalue weighted by Gasteiger charge is 2.12. The van der Waals surface area contributed by atoms with Crippen LogP contribution >= 0.6 is 23.2 Å². The van der Waals surface area contributed by atoms with Crippen molar-refractivity contribution >= 4 is 57.5 Å². The lowest BCUT2D eigenvalue weighted by Crippen LogP contribution is -2.13. The van der Waals surface area contributed by atoms with Gasteiger partial charge in [-0.05, 0) is 24.3 Å². The van der Waals surface area contributed by atoms with Crippen molar-refractivity contribution in [1.29, 1.82) is 0 Å². The molecule has 1 amide bonds. The van der Waals surface area contributed by atoms with Crippen molar-refractivity contribution in [3.8, 4) is 0 Å². The number of amides is 1. The summed E-state index contributed by atoms with van der Waals surface area (Å²) in [5.41, 5.74) is 24.4. The van der Waals surface area contributed by atoms with Crippen LogP contribution in [0.5, 0.6) is 0 Å². The van der Waals surface area contributed by atoms with Crippen LogP contribution in [-0.4, -0.2) is 5.91 Å². The fourth-order valence-electron chi connectivity index (χ4n) is 1.75. The number of anilines is 5. The van der Waals surface area contributed by atoms with Gasteiger partial charge in [0.1, 0.15) is 0 Å². The quantitative estimate of drug-likeness (QED) is 0.541. The van der Waals surface area contributed by atoms with Crippen molar-refractivity contribution in [3.63, 3.8) is 0 Å². The smallest absolute Gasteiger partial charge is 0.255 e. The van der Waals surface area contributed by atoms with Crippen molar-refractivity contribution < 1.29 is 4.79 Å². The Labute approximate surface area is 131 Å². The van der Waals surface area contributed by atoms with Crippen LogP contribution in [0.1, 0.15) is 10.4 Å². The number of hydrogen-bond donors (Lipinski definition) is 5. The number of nitrogens with one attached hydrogen (secondary N) is 1. The average Bonchev–Trinajstić information content (AvgIpc) is 2.41. The van der Waals surface area contributed by atoms with Gasteiger partial charge in [-0.15, -0.1) is 0 Å². The molecule has 2 aromatic rings. The summed E-state index contributed by atoms with van der Waals surface area (Å²) in [7, 11) is 0. The van der Waals surface area contributed by atoms with Crippen LogP contribution in [0.25, 0.3) is 0 Å². The Hall–Kier alpha value is -2.31. The maximum Gasteiger partial charge on any atom is 0.255 e. The number of nitrogens with two attached hydrogens (primary N) is 4. The summed E-state index contributed by atoms with van der Waals surface area (Å²) in [6.07, 6.45) is 0. The molecule has 9 N–H and O–H groups in total. The zero-order valence-electron chi connectivity index (χ0n) is 10.8. The van der Waals surface area contributed by atoms with Crippen LogP contribution in [0.3, 0.4) is 0 Å². The largest absolute Gasteiger partial charge is 0.397 e. The molecule has 0 bridgehead atoms. The van der Waals surface area contributed by atoms with Gasteiger partial charge in [-0.3, -0.25) is 4.79 Å². The van der Waals surface area contributed by atoms with E-state index in [4.69, 9.17) is 46.1 Å². The fourth-order valence-corrected chi connectivity index (χ4v) is 1.96. The minimum atomic E-state index is -0.425. The Bertz CT molecular complexity index is 686. The van der Waals surface area contributed by atoms with Crippen molar-refractivity contribution in [1.82, 2.24) is 0 Å². The molecule has 110 valence electrons. The highest BCUT2D eigenvalue weighted by molar-refractivity contribution is 6.36. The summed E-state index contributed by atoms with van der Waals surface area (Å²) in [6.45, 7) is 0. The van der Waals surface area contributed by atoms with Gasteiger partial charge in [0.25, 0.3) is 5.91 Å². The molecule has 0 radical (unpaired) electrons. The summed E-state index contributed by atoms with van der Waals surface area (Å²) in [6, 6.07) is 5.85. The van der Waals surface area contributed by atoms with Crippen molar-refractivity contribution in [2.75, 3.05) is 28.3 Å². The number of carbonyl (C=O) groups is 1. The third kappa shape index (κ3) is 3.07. The van der Waals surface area contributed by atoms with Gasteiger partial charge in [0.15, 0.2) is 0 Å². The first-order chi connectivity index (χ1) is 9.79. The second-order valence-electron chi connectivity index (χ2n) is 4.39. The number of carbonyl (C=O) groups excluding carboxylic acids is 1. The molecule has 2 aromatic carbocycles. The second kappa shape index (κ2) is 5.59. The number of nitrogen functional groups attached to an aromatic ring is 4. The second-order valence-corrected chi connectivity index (χ2v) is 5.15. The van der Waals surface area contributed by atoms with Gasteiger partial charge in [0.05, 0.1) is 32.8 Å². The lowest BCUT2D eigenvalue weighted by atomic mass is 10.1. The van der Waals surface area contributed by atoms with Crippen molar-refractivity contribution in [2.24, 2.45) is 0 Å². The maximum atomic E-state index is 12.2. The van der Waals surface area contributed by atoms with Gasteiger partial charge in [0, 0.05) is 11.3 Å². The van der Waals surface area contributed by atoms with Crippen LogP contribution in [0, 0.1) is 0 Å². The number of hydrogen-bond acceptors (Lipinski definition) is 5. The van der Waals surface area contributed by atoms with Crippen LogP contribution < -0.4 is 28.3 Å². The third-order valence-electron chi connectivity index (χ3n) is 2.78. The molecule has 0 saturated carbocycles. The Kier molecular flexibility index (Phi) is 4.02. The molecule has 0 spiro atoms. The van der Waals surface area contributed by atoms with Crippen molar-refractivity contribution in [3.05, 3.63) is 39.9 Å². The first-order valence-corrected chi connectivity index (χ1v) is 6.55. The first kappa shape index (κ1) is 15.1. The molecule has 0 aliphatic carbocycles. The van der Waals surface area contributed by atoms with E-state index in [-0.39, 0.29) is 38.4 Å². The normalized spacial score (nSPS) is 10.4. The van der Waals surface area contributed by atoms with E-state index in [1.807, 2.05) is 0 Å². The van der Waals surface area contributed by atoms with Crippen LogP contribution in [0.4, 0.5) is 28.4 Å². The summed E-state index contributed by atoms with van der Waals surface area (Å²) < 4.78 is 0. The molecule has 0 aliphatic rings. The molecule has 0 aliphatic heterocycles. The van der Waals surface area contributed by atoms with Crippen LogP contribution in [0.15, 0.2) is 24.3 Å². The van der Waals surface area contributed by atoms with E-state index in [9.17, 15) is 4.79 Å². The minimum absolute atomic E-state index is 0.214. The van der Waals surface area contributed by atoms with E-state index in [0.717, 1.165) is 0 Å². The summed E-state index contributed by atoms with van der Waals surface area (Å²) in [5.74, 6) is -0.425. The summed E-state index contributed by atoms with van der Waals surface area (Å²) in [5, 5.41) is 3.09. The molecule has 21 heavy (non-hydrogen) atoms. The zero-order valence-corrected chi connectivity index (χ0v) is 12.3. The lowest BCUT2D eigenvalue weighted by Gasteiger charge is -2.11. The predicted molar refractivity (Wildman–Crippen MR) is 88.5 cm³/mol.